The zero-order chi connectivity index (χ0) is 22.3. The highest BCUT2D eigenvalue weighted by Crippen LogP contribution is 2.37. The lowest BCUT2D eigenvalue weighted by Gasteiger charge is -2.21. The quantitative estimate of drug-likeness (QED) is 0.0734. The molecule has 6 heteroatoms. The van der Waals surface area contributed by atoms with E-state index < -0.39 is 0 Å². The topological polar surface area (TPSA) is 57.2 Å². The molecular weight excluding hydrogens is 624 g/mol. The predicted octanol–water partition coefficient (Wildman–Crippen LogP) is 7.23. The Balaban J connectivity index is 1.87. The maximum Gasteiger partial charge on any atom is 0.0730 e. The summed E-state index contributed by atoms with van der Waals surface area (Å²) in [5.74, 6) is 0. The first-order valence-corrected chi connectivity index (χ1v) is 14.0. The molecule has 0 amide bonds. The number of anilines is 3. The number of aliphatic hydroxyl groups excluding tert-OH is 1. The van der Waals surface area contributed by atoms with Gasteiger partial charge >= 0.3 is 0 Å². The van der Waals surface area contributed by atoms with E-state index in [1.54, 1.807) is 0 Å². The van der Waals surface area contributed by atoms with E-state index in [0.29, 0.717) is 0 Å². The molecule has 32 heavy (non-hydrogen) atoms. The number of benzene rings is 3. The lowest BCUT2D eigenvalue weighted by molar-refractivity contribution is 0.282. The van der Waals surface area contributed by atoms with Crippen molar-refractivity contribution in [2.24, 2.45) is 0 Å². The largest absolute Gasteiger partial charge is 0.392 e. The SMILES string of the molecule is OCc1cc(NCCCI)c(CCCI)c(Nc2c3ccccc3nc3ccccc23)c1. The molecule has 0 aliphatic rings. The number of hydrogen-bond acceptors (Lipinski definition) is 4. The first-order valence-electron chi connectivity index (χ1n) is 10.9. The van der Waals surface area contributed by atoms with Crippen molar-refractivity contribution in [3.8, 4) is 0 Å². The van der Waals surface area contributed by atoms with Gasteiger partial charge in [0.1, 0.15) is 0 Å². The van der Waals surface area contributed by atoms with E-state index in [2.05, 4.69) is 104 Å². The van der Waals surface area contributed by atoms with Gasteiger partial charge in [0, 0.05) is 33.1 Å². The fourth-order valence-corrected chi connectivity index (χ4v) is 4.77. The van der Waals surface area contributed by atoms with Crippen LogP contribution in [0.1, 0.15) is 24.0 Å². The van der Waals surface area contributed by atoms with E-state index in [1.807, 2.05) is 12.1 Å². The van der Waals surface area contributed by atoms with Crippen LogP contribution in [-0.2, 0) is 13.0 Å². The van der Waals surface area contributed by atoms with Crippen molar-refractivity contribution >= 4 is 84.0 Å². The number of nitrogens with zero attached hydrogens (tertiary/aromatic N) is 1. The summed E-state index contributed by atoms with van der Waals surface area (Å²) in [4.78, 5) is 4.86. The molecule has 0 saturated heterocycles. The van der Waals surface area contributed by atoms with Crippen LogP contribution in [0.15, 0.2) is 60.7 Å². The van der Waals surface area contributed by atoms with Crippen molar-refractivity contribution in [1.29, 1.82) is 0 Å². The van der Waals surface area contributed by atoms with Gasteiger partial charge in [-0.25, -0.2) is 4.98 Å². The highest BCUT2D eigenvalue weighted by atomic mass is 127. The maximum atomic E-state index is 9.97. The number of para-hydroxylation sites is 2. The second-order valence-corrected chi connectivity index (χ2v) is 9.89. The van der Waals surface area contributed by atoms with E-state index in [4.69, 9.17) is 4.98 Å². The van der Waals surface area contributed by atoms with Crippen LogP contribution in [0, 0.1) is 0 Å². The predicted molar refractivity (Wildman–Crippen MR) is 154 cm³/mol. The molecule has 1 aromatic heterocycles. The van der Waals surface area contributed by atoms with Crippen molar-refractivity contribution in [3.63, 3.8) is 0 Å². The fraction of sp³-hybridized carbons (Fsp3) is 0.269. The van der Waals surface area contributed by atoms with Crippen LogP contribution in [0.2, 0.25) is 0 Å². The summed E-state index contributed by atoms with van der Waals surface area (Å²) in [6.07, 6.45) is 3.19. The van der Waals surface area contributed by atoms with Crippen LogP contribution >= 0.6 is 45.2 Å². The normalized spacial score (nSPS) is 11.2. The molecule has 4 aromatic rings. The second-order valence-electron chi connectivity index (χ2n) is 7.74. The molecule has 0 spiro atoms. The molecule has 3 aromatic carbocycles. The zero-order valence-electron chi connectivity index (χ0n) is 17.9. The highest BCUT2D eigenvalue weighted by molar-refractivity contribution is 14.1. The lowest BCUT2D eigenvalue weighted by Crippen LogP contribution is -2.09. The summed E-state index contributed by atoms with van der Waals surface area (Å²) >= 11 is 4.86. The molecule has 3 N–H and O–H groups in total. The molecule has 0 bridgehead atoms. The van der Waals surface area contributed by atoms with Gasteiger partial charge in [0.25, 0.3) is 0 Å². The minimum atomic E-state index is 0.0139. The first-order chi connectivity index (χ1) is 15.7. The maximum absolute atomic E-state index is 9.97. The minimum Gasteiger partial charge on any atom is -0.392 e. The van der Waals surface area contributed by atoms with Gasteiger partial charge in [-0.05, 0) is 59.1 Å². The molecule has 0 aliphatic heterocycles. The molecule has 0 atom stereocenters. The molecule has 4 rings (SSSR count). The number of hydrogen-bond donors (Lipinski definition) is 3. The van der Waals surface area contributed by atoms with Gasteiger partial charge in [-0.1, -0.05) is 81.6 Å². The third-order valence-electron chi connectivity index (χ3n) is 5.53. The number of nitrogens with one attached hydrogen (secondary N) is 2. The molecule has 166 valence electrons. The van der Waals surface area contributed by atoms with E-state index in [0.717, 1.165) is 79.1 Å². The fourth-order valence-electron chi connectivity index (χ4n) is 4.00. The van der Waals surface area contributed by atoms with Gasteiger partial charge in [0.05, 0.1) is 23.3 Å². The molecule has 0 fully saturated rings. The summed E-state index contributed by atoms with van der Waals surface area (Å²) in [6, 6.07) is 20.7. The molecule has 0 aliphatic carbocycles. The van der Waals surface area contributed by atoms with E-state index in [1.165, 1.54) is 5.56 Å². The molecule has 4 nitrogen and oxygen atoms in total. The number of rotatable bonds is 10. The first kappa shape index (κ1) is 23.5. The average Bonchev–Trinajstić information content (AvgIpc) is 2.83. The van der Waals surface area contributed by atoms with Crippen LogP contribution in [0.25, 0.3) is 21.8 Å². The van der Waals surface area contributed by atoms with Gasteiger partial charge in [-0.15, -0.1) is 0 Å². The summed E-state index contributed by atoms with van der Waals surface area (Å²) in [7, 11) is 0. The van der Waals surface area contributed by atoms with Gasteiger partial charge in [-0.2, -0.15) is 0 Å². The average molecular weight is 651 g/mol. The Bertz CT molecular complexity index is 1160. The smallest absolute Gasteiger partial charge is 0.0730 e. The van der Waals surface area contributed by atoms with Gasteiger partial charge in [0.2, 0.25) is 0 Å². The molecule has 0 unspecified atom stereocenters. The van der Waals surface area contributed by atoms with Crippen LogP contribution in [0.4, 0.5) is 17.1 Å². The van der Waals surface area contributed by atoms with Crippen LogP contribution < -0.4 is 10.6 Å². The summed E-state index contributed by atoms with van der Waals surface area (Å²) in [5.41, 5.74) is 7.37. The molecule has 1 heterocycles. The van der Waals surface area contributed by atoms with E-state index in [9.17, 15) is 5.11 Å². The van der Waals surface area contributed by atoms with Crippen LogP contribution in [0.5, 0.6) is 0 Å². The second kappa shape index (κ2) is 11.5. The number of aromatic nitrogens is 1. The molecular formula is C26H27I2N3O. The summed E-state index contributed by atoms with van der Waals surface area (Å²) < 4.78 is 2.22. The minimum absolute atomic E-state index is 0.0139. The monoisotopic (exact) mass is 651 g/mol. The van der Waals surface area contributed by atoms with Gasteiger partial charge in [0.15, 0.2) is 0 Å². The molecule has 0 saturated carbocycles. The Kier molecular flexibility index (Phi) is 8.43. The van der Waals surface area contributed by atoms with Crippen LogP contribution in [0.3, 0.4) is 0 Å². The third kappa shape index (κ3) is 5.28. The number of fused-ring (bicyclic) bond motifs is 2. The van der Waals surface area contributed by atoms with Crippen molar-refractivity contribution in [3.05, 3.63) is 71.8 Å². The number of aliphatic hydroxyl groups is 1. The van der Waals surface area contributed by atoms with Crippen molar-refractivity contribution < 1.29 is 5.11 Å². The summed E-state index contributed by atoms with van der Waals surface area (Å²) in [6.45, 7) is 0.940. The zero-order valence-corrected chi connectivity index (χ0v) is 22.2. The molecule has 0 radical (unpaired) electrons. The van der Waals surface area contributed by atoms with E-state index >= 15 is 0 Å². The van der Waals surface area contributed by atoms with Crippen molar-refractivity contribution in [2.45, 2.75) is 25.9 Å². The van der Waals surface area contributed by atoms with Crippen LogP contribution in [-0.4, -0.2) is 25.5 Å². The number of alkyl halides is 2. The third-order valence-corrected chi connectivity index (χ3v) is 7.05. The Hall–Kier alpha value is -1.65. The standard InChI is InChI=1S/C26H27I2N3O/c27-12-5-9-19-24(29-14-6-13-28)15-18(17-32)16-25(19)31-26-20-7-1-3-10-22(20)30-23-11-4-2-8-21(23)26/h1-4,7-8,10-11,15-16,29,32H,5-6,9,12-14,17H2,(H,30,31). The van der Waals surface area contributed by atoms with Crippen molar-refractivity contribution in [1.82, 2.24) is 4.98 Å². The van der Waals surface area contributed by atoms with Crippen molar-refractivity contribution in [2.75, 3.05) is 26.0 Å². The Morgan fingerprint density at radius 1 is 0.812 bits per heavy atom. The van der Waals surface area contributed by atoms with Gasteiger partial charge in [-0.3, -0.25) is 0 Å². The lowest BCUT2D eigenvalue weighted by atomic mass is 10.0. The van der Waals surface area contributed by atoms with E-state index in [-0.39, 0.29) is 6.61 Å². The highest BCUT2D eigenvalue weighted by Gasteiger charge is 2.15. The number of halogens is 2. The Morgan fingerprint density at radius 3 is 2.06 bits per heavy atom. The summed E-state index contributed by atoms with van der Waals surface area (Å²) in [5, 5.41) is 19.6. The Morgan fingerprint density at radius 2 is 1.44 bits per heavy atom. The Labute approximate surface area is 216 Å². The number of pyridine rings is 1. The van der Waals surface area contributed by atoms with Gasteiger partial charge < -0.3 is 15.7 Å².